The van der Waals surface area contributed by atoms with Crippen LogP contribution in [0.3, 0.4) is 0 Å². The predicted molar refractivity (Wildman–Crippen MR) is 70.4 cm³/mol. The van der Waals surface area contributed by atoms with E-state index in [0.717, 1.165) is 37.1 Å². The fourth-order valence-corrected chi connectivity index (χ4v) is 3.13. The summed E-state index contributed by atoms with van der Waals surface area (Å²) >= 11 is 0. The zero-order chi connectivity index (χ0) is 12.5. The van der Waals surface area contributed by atoms with Crippen LogP contribution in [-0.4, -0.2) is 30.7 Å². The fraction of sp³-hybridized carbons (Fsp3) is 0.571. The Bertz CT molecular complexity index is 491. The van der Waals surface area contributed by atoms with Gasteiger partial charge in [0.1, 0.15) is 5.82 Å². The lowest BCUT2D eigenvalue weighted by Crippen LogP contribution is -2.44. The van der Waals surface area contributed by atoms with E-state index >= 15 is 0 Å². The van der Waals surface area contributed by atoms with Crippen molar-refractivity contribution in [2.75, 3.05) is 24.5 Å². The number of anilines is 1. The molecule has 2 aliphatic rings. The van der Waals surface area contributed by atoms with Crippen LogP contribution in [0.15, 0.2) is 12.1 Å². The number of nitriles is 1. The molecule has 0 radical (unpaired) electrons. The van der Waals surface area contributed by atoms with Crippen molar-refractivity contribution >= 4 is 5.82 Å². The largest absolute Gasteiger partial charge is 0.356 e. The third-order valence-corrected chi connectivity index (χ3v) is 4.05. The standard InChI is InChI=1S/C14H18N4/c1-10-6-11(8-15)7-14(17-10)18-5-3-13-12(9-18)2-4-16-13/h6-7,12-13,16H,2-5,9H2,1H3. The van der Waals surface area contributed by atoms with E-state index in [-0.39, 0.29) is 0 Å². The number of piperidine rings is 1. The van der Waals surface area contributed by atoms with Crippen LogP contribution >= 0.6 is 0 Å². The summed E-state index contributed by atoms with van der Waals surface area (Å²) in [6.07, 6.45) is 2.44. The van der Waals surface area contributed by atoms with Crippen LogP contribution < -0.4 is 10.2 Å². The highest BCUT2D eigenvalue weighted by Gasteiger charge is 2.33. The van der Waals surface area contributed by atoms with Gasteiger partial charge >= 0.3 is 0 Å². The summed E-state index contributed by atoms with van der Waals surface area (Å²) in [6.45, 7) is 5.20. The fourth-order valence-electron chi connectivity index (χ4n) is 3.13. The van der Waals surface area contributed by atoms with Gasteiger partial charge in [0, 0.05) is 24.8 Å². The molecule has 2 aliphatic heterocycles. The molecule has 0 aliphatic carbocycles. The summed E-state index contributed by atoms with van der Waals surface area (Å²) in [7, 11) is 0. The molecule has 2 atom stereocenters. The molecule has 0 amide bonds. The van der Waals surface area contributed by atoms with Crippen molar-refractivity contribution in [2.45, 2.75) is 25.8 Å². The number of rotatable bonds is 1. The van der Waals surface area contributed by atoms with Crippen molar-refractivity contribution < 1.29 is 0 Å². The van der Waals surface area contributed by atoms with E-state index in [9.17, 15) is 0 Å². The van der Waals surface area contributed by atoms with Crippen LogP contribution in [0.2, 0.25) is 0 Å². The van der Waals surface area contributed by atoms with E-state index in [4.69, 9.17) is 5.26 Å². The highest BCUT2D eigenvalue weighted by atomic mass is 15.2. The molecule has 0 saturated carbocycles. The maximum atomic E-state index is 9.03. The van der Waals surface area contributed by atoms with E-state index in [1.165, 1.54) is 12.8 Å². The van der Waals surface area contributed by atoms with Crippen molar-refractivity contribution in [3.63, 3.8) is 0 Å². The second-order valence-electron chi connectivity index (χ2n) is 5.31. The van der Waals surface area contributed by atoms with Crippen molar-refractivity contribution in [1.82, 2.24) is 10.3 Å². The number of hydrogen-bond donors (Lipinski definition) is 1. The molecule has 4 nitrogen and oxygen atoms in total. The van der Waals surface area contributed by atoms with E-state index in [1.54, 1.807) is 0 Å². The predicted octanol–water partition coefficient (Wildman–Crippen LogP) is 1.45. The van der Waals surface area contributed by atoms with Gasteiger partial charge in [-0.15, -0.1) is 0 Å². The monoisotopic (exact) mass is 242 g/mol. The summed E-state index contributed by atoms with van der Waals surface area (Å²) in [5.41, 5.74) is 1.64. The smallest absolute Gasteiger partial charge is 0.130 e. The van der Waals surface area contributed by atoms with Gasteiger partial charge in [0.2, 0.25) is 0 Å². The zero-order valence-corrected chi connectivity index (χ0v) is 10.7. The quantitative estimate of drug-likeness (QED) is 0.810. The van der Waals surface area contributed by atoms with E-state index in [2.05, 4.69) is 21.3 Å². The van der Waals surface area contributed by atoms with Gasteiger partial charge in [-0.2, -0.15) is 5.26 Å². The minimum atomic E-state index is 0.696. The Labute approximate surface area is 108 Å². The molecular weight excluding hydrogens is 224 g/mol. The number of pyridine rings is 1. The minimum absolute atomic E-state index is 0.696. The first kappa shape index (κ1) is 11.5. The van der Waals surface area contributed by atoms with E-state index < -0.39 is 0 Å². The molecular formula is C14H18N4. The normalized spacial score (nSPS) is 26.8. The molecule has 18 heavy (non-hydrogen) atoms. The zero-order valence-electron chi connectivity index (χ0n) is 10.7. The van der Waals surface area contributed by atoms with Crippen LogP contribution in [0.4, 0.5) is 5.82 Å². The van der Waals surface area contributed by atoms with Crippen LogP contribution in [0, 0.1) is 24.2 Å². The lowest BCUT2D eigenvalue weighted by molar-refractivity contribution is 0.375. The Morgan fingerprint density at radius 3 is 3.17 bits per heavy atom. The molecule has 0 spiro atoms. The Kier molecular flexibility index (Phi) is 2.92. The number of hydrogen-bond acceptors (Lipinski definition) is 4. The van der Waals surface area contributed by atoms with Crippen LogP contribution in [0.25, 0.3) is 0 Å². The number of aromatic nitrogens is 1. The Morgan fingerprint density at radius 2 is 2.33 bits per heavy atom. The second-order valence-corrected chi connectivity index (χ2v) is 5.31. The Hall–Kier alpha value is -1.60. The number of aryl methyl sites for hydroxylation is 1. The van der Waals surface area contributed by atoms with Crippen molar-refractivity contribution in [2.24, 2.45) is 5.92 Å². The number of nitrogens with one attached hydrogen (secondary N) is 1. The summed E-state index contributed by atoms with van der Waals surface area (Å²) in [5, 5.41) is 12.6. The molecule has 0 bridgehead atoms. The van der Waals surface area contributed by atoms with E-state index in [1.807, 2.05) is 19.1 Å². The average molecular weight is 242 g/mol. The Balaban J connectivity index is 1.82. The van der Waals surface area contributed by atoms with Gasteiger partial charge in [0.05, 0.1) is 11.6 Å². The van der Waals surface area contributed by atoms with Gasteiger partial charge in [0.25, 0.3) is 0 Å². The molecule has 0 aromatic carbocycles. The summed E-state index contributed by atoms with van der Waals surface area (Å²) in [5.74, 6) is 1.71. The third-order valence-electron chi connectivity index (χ3n) is 4.05. The highest BCUT2D eigenvalue weighted by molar-refractivity contribution is 5.47. The number of nitrogens with zero attached hydrogens (tertiary/aromatic N) is 3. The minimum Gasteiger partial charge on any atom is -0.356 e. The van der Waals surface area contributed by atoms with Gasteiger partial charge in [-0.05, 0) is 44.4 Å². The van der Waals surface area contributed by atoms with Crippen molar-refractivity contribution in [3.05, 3.63) is 23.4 Å². The maximum absolute atomic E-state index is 9.03. The molecule has 2 unspecified atom stereocenters. The summed E-state index contributed by atoms with van der Waals surface area (Å²) < 4.78 is 0. The average Bonchev–Trinajstić information content (AvgIpc) is 2.85. The second kappa shape index (κ2) is 4.58. The van der Waals surface area contributed by atoms with Crippen LogP contribution in [0.5, 0.6) is 0 Å². The summed E-state index contributed by atoms with van der Waals surface area (Å²) in [6, 6.07) is 6.66. The molecule has 1 aromatic heterocycles. The highest BCUT2D eigenvalue weighted by Crippen LogP contribution is 2.27. The molecule has 94 valence electrons. The molecule has 2 fully saturated rings. The first-order valence-electron chi connectivity index (χ1n) is 6.63. The number of fused-ring (bicyclic) bond motifs is 1. The van der Waals surface area contributed by atoms with Crippen LogP contribution in [-0.2, 0) is 0 Å². The van der Waals surface area contributed by atoms with Gasteiger partial charge in [-0.1, -0.05) is 0 Å². The maximum Gasteiger partial charge on any atom is 0.130 e. The van der Waals surface area contributed by atoms with Gasteiger partial charge in [-0.3, -0.25) is 0 Å². The van der Waals surface area contributed by atoms with E-state index in [0.29, 0.717) is 11.6 Å². The SMILES string of the molecule is Cc1cc(C#N)cc(N2CCC3NCCC3C2)n1. The third kappa shape index (κ3) is 2.06. The Morgan fingerprint density at radius 1 is 1.44 bits per heavy atom. The molecule has 4 heteroatoms. The van der Waals surface area contributed by atoms with Gasteiger partial charge < -0.3 is 10.2 Å². The molecule has 1 aromatic rings. The first-order chi connectivity index (χ1) is 8.76. The topological polar surface area (TPSA) is 52.0 Å². The lowest BCUT2D eigenvalue weighted by Gasteiger charge is -2.35. The van der Waals surface area contributed by atoms with Crippen molar-refractivity contribution in [1.29, 1.82) is 5.26 Å². The van der Waals surface area contributed by atoms with Gasteiger partial charge in [-0.25, -0.2) is 4.98 Å². The lowest BCUT2D eigenvalue weighted by atomic mass is 9.93. The first-order valence-corrected chi connectivity index (χ1v) is 6.63. The van der Waals surface area contributed by atoms with Crippen molar-refractivity contribution in [3.8, 4) is 6.07 Å². The summed E-state index contributed by atoms with van der Waals surface area (Å²) in [4.78, 5) is 6.91. The molecule has 1 N–H and O–H groups in total. The molecule has 3 rings (SSSR count). The van der Waals surface area contributed by atoms with Gasteiger partial charge in [0.15, 0.2) is 0 Å². The molecule has 3 heterocycles. The van der Waals surface area contributed by atoms with Crippen LogP contribution in [0.1, 0.15) is 24.1 Å². The molecule has 2 saturated heterocycles.